The summed E-state index contributed by atoms with van der Waals surface area (Å²) in [5, 5.41) is 0. The highest BCUT2D eigenvalue weighted by Crippen LogP contribution is 2.52. The quantitative estimate of drug-likeness (QED) is 0.603. The topological polar surface area (TPSA) is 9.23 Å². The highest BCUT2D eigenvalue weighted by Gasteiger charge is 2.47. The second-order valence-corrected chi connectivity index (χ2v) is 8.37. The summed E-state index contributed by atoms with van der Waals surface area (Å²) in [7, 11) is 0. The van der Waals surface area contributed by atoms with Crippen LogP contribution in [0, 0.1) is 28.6 Å². The van der Waals surface area contributed by atoms with Gasteiger partial charge in [0.2, 0.25) is 0 Å². The van der Waals surface area contributed by atoms with Gasteiger partial charge in [0, 0.05) is 6.61 Å². The molecule has 0 bridgehead atoms. The Morgan fingerprint density at radius 2 is 1.35 bits per heavy atom. The Labute approximate surface area is 107 Å². The van der Waals surface area contributed by atoms with Gasteiger partial charge in [-0.2, -0.15) is 0 Å². The van der Waals surface area contributed by atoms with Crippen molar-refractivity contribution in [2.45, 2.75) is 66.9 Å². The van der Waals surface area contributed by atoms with E-state index in [1.54, 1.807) is 0 Å². The zero-order chi connectivity index (χ0) is 12.8. The van der Waals surface area contributed by atoms with Gasteiger partial charge in [0.25, 0.3) is 0 Å². The minimum Gasteiger partial charge on any atom is -0.378 e. The molecule has 4 unspecified atom stereocenters. The van der Waals surface area contributed by atoms with Crippen LogP contribution in [-0.2, 0) is 4.74 Å². The molecule has 100 valence electrons. The number of fused-ring (bicyclic) bond motifs is 1. The van der Waals surface area contributed by atoms with Crippen molar-refractivity contribution in [2.24, 2.45) is 28.6 Å². The molecule has 0 N–H and O–H groups in total. The highest BCUT2D eigenvalue weighted by atomic mass is 16.5. The van der Waals surface area contributed by atoms with Crippen LogP contribution in [0.25, 0.3) is 0 Å². The molecule has 2 rings (SSSR count). The van der Waals surface area contributed by atoms with E-state index in [4.69, 9.17) is 4.74 Å². The van der Waals surface area contributed by atoms with Crippen LogP contribution in [-0.4, -0.2) is 12.7 Å². The molecule has 1 saturated carbocycles. The molecule has 0 aromatic heterocycles. The Bertz CT molecular complexity index is 240. The maximum atomic E-state index is 5.94. The predicted octanol–water partition coefficient (Wildman–Crippen LogP) is 4.51. The summed E-state index contributed by atoms with van der Waals surface area (Å²) in [6, 6.07) is 0. The Kier molecular flexibility index (Phi) is 3.36. The van der Waals surface area contributed by atoms with Crippen molar-refractivity contribution in [3.8, 4) is 0 Å². The summed E-state index contributed by atoms with van der Waals surface area (Å²) < 4.78 is 5.94. The van der Waals surface area contributed by atoms with Crippen molar-refractivity contribution in [1.82, 2.24) is 0 Å². The molecule has 0 aromatic rings. The fourth-order valence-corrected chi connectivity index (χ4v) is 4.04. The number of hydrogen-bond donors (Lipinski definition) is 0. The van der Waals surface area contributed by atoms with E-state index >= 15 is 0 Å². The molecule has 1 heterocycles. The van der Waals surface area contributed by atoms with Crippen LogP contribution < -0.4 is 0 Å². The summed E-state index contributed by atoms with van der Waals surface area (Å²) in [6.45, 7) is 15.5. The SMILES string of the molecule is CC(C)(C)C1CC2CCOC2CC1C(C)(C)C. The lowest BCUT2D eigenvalue weighted by atomic mass is 9.56. The third kappa shape index (κ3) is 2.70. The Morgan fingerprint density at radius 1 is 0.824 bits per heavy atom. The van der Waals surface area contributed by atoms with Crippen molar-refractivity contribution in [2.75, 3.05) is 6.61 Å². The van der Waals surface area contributed by atoms with Gasteiger partial charge >= 0.3 is 0 Å². The molecule has 4 atom stereocenters. The minimum atomic E-state index is 0.412. The Balaban J connectivity index is 2.21. The van der Waals surface area contributed by atoms with Crippen LogP contribution in [0.2, 0.25) is 0 Å². The molecule has 0 spiro atoms. The molecule has 0 amide bonds. The van der Waals surface area contributed by atoms with E-state index in [0.29, 0.717) is 16.9 Å². The smallest absolute Gasteiger partial charge is 0.0607 e. The molecule has 1 aliphatic carbocycles. The van der Waals surface area contributed by atoms with Gasteiger partial charge in [0.15, 0.2) is 0 Å². The van der Waals surface area contributed by atoms with Crippen LogP contribution in [0.3, 0.4) is 0 Å². The van der Waals surface area contributed by atoms with E-state index in [1.165, 1.54) is 19.3 Å². The molecule has 17 heavy (non-hydrogen) atoms. The van der Waals surface area contributed by atoms with Crippen LogP contribution in [0.1, 0.15) is 60.8 Å². The first-order valence-electron chi connectivity index (χ1n) is 7.31. The summed E-state index contributed by atoms with van der Waals surface area (Å²) in [5.41, 5.74) is 0.848. The number of rotatable bonds is 0. The van der Waals surface area contributed by atoms with Crippen molar-refractivity contribution in [3.05, 3.63) is 0 Å². The molecular formula is C16H30O. The molecule has 1 aliphatic heterocycles. The first-order valence-corrected chi connectivity index (χ1v) is 7.31. The second kappa shape index (κ2) is 4.26. The highest BCUT2D eigenvalue weighted by molar-refractivity contribution is 4.96. The van der Waals surface area contributed by atoms with Gasteiger partial charge in [0.1, 0.15) is 0 Å². The molecule has 0 aromatic carbocycles. The molecule has 1 nitrogen and oxygen atoms in total. The Hall–Kier alpha value is -0.0400. The van der Waals surface area contributed by atoms with E-state index in [0.717, 1.165) is 24.4 Å². The summed E-state index contributed by atoms with van der Waals surface area (Å²) in [6.07, 6.45) is 4.54. The fraction of sp³-hybridized carbons (Fsp3) is 1.00. The molecule has 0 radical (unpaired) electrons. The standard InChI is InChI=1S/C16H30O/c1-15(2,3)12-9-11-7-8-17-14(11)10-13(12)16(4,5)6/h11-14H,7-10H2,1-6H3. The van der Waals surface area contributed by atoms with Gasteiger partial charge in [-0.15, -0.1) is 0 Å². The molecular weight excluding hydrogens is 208 g/mol. The van der Waals surface area contributed by atoms with Crippen molar-refractivity contribution in [1.29, 1.82) is 0 Å². The van der Waals surface area contributed by atoms with Gasteiger partial charge in [0.05, 0.1) is 6.10 Å². The predicted molar refractivity (Wildman–Crippen MR) is 73.0 cm³/mol. The monoisotopic (exact) mass is 238 g/mol. The molecule has 1 saturated heterocycles. The largest absolute Gasteiger partial charge is 0.378 e. The van der Waals surface area contributed by atoms with Crippen molar-refractivity contribution in [3.63, 3.8) is 0 Å². The van der Waals surface area contributed by atoms with Crippen LogP contribution >= 0.6 is 0 Å². The van der Waals surface area contributed by atoms with Crippen LogP contribution in [0.4, 0.5) is 0 Å². The normalized spacial score (nSPS) is 39.2. The fourth-order valence-electron chi connectivity index (χ4n) is 4.04. The van der Waals surface area contributed by atoms with E-state index in [9.17, 15) is 0 Å². The molecule has 2 aliphatic rings. The summed E-state index contributed by atoms with van der Waals surface area (Å²) >= 11 is 0. The van der Waals surface area contributed by atoms with Crippen molar-refractivity contribution < 1.29 is 4.74 Å². The zero-order valence-corrected chi connectivity index (χ0v) is 12.5. The lowest BCUT2D eigenvalue weighted by Crippen LogP contribution is -2.44. The van der Waals surface area contributed by atoms with E-state index < -0.39 is 0 Å². The second-order valence-electron chi connectivity index (χ2n) is 8.37. The third-order valence-corrected chi connectivity index (χ3v) is 5.10. The third-order valence-electron chi connectivity index (χ3n) is 5.10. The Morgan fingerprint density at radius 3 is 1.88 bits per heavy atom. The van der Waals surface area contributed by atoms with E-state index in [-0.39, 0.29) is 0 Å². The minimum absolute atomic E-state index is 0.412. The van der Waals surface area contributed by atoms with Crippen LogP contribution in [0.15, 0.2) is 0 Å². The molecule has 1 heteroatoms. The lowest BCUT2D eigenvalue weighted by Gasteiger charge is -2.49. The lowest BCUT2D eigenvalue weighted by molar-refractivity contribution is -0.0466. The first-order chi connectivity index (χ1) is 7.69. The van der Waals surface area contributed by atoms with E-state index in [2.05, 4.69) is 41.5 Å². The average molecular weight is 238 g/mol. The van der Waals surface area contributed by atoms with Gasteiger partial charge < -0.3 is 4.74 Å². The van der Waals surface area contributed by atoms with Gasteiger partial charge in [-0.3, -0.25) is 0 Å². The first kappa shape index (κ1) is 13.4. The summed E-state index contributed by atoms with van der Waals surface area (Å²) in [4.78, 5) is 0. The van der Waals surface area contributed by atoms with Crippen LogP contribution in [0.5, 0.6) is 0 Å². The number of ether oxygens (including phenoxy) is 1. The van der Waals surface area contributed by atoms with Gasteiger partial charge in [-0.1, -0.05) is 41.5 Å². The maximum Gasteiger partial charge on any atom is 0.0607 e. The van der Waals surface area contributed by atoms with Crippen molar-refractivity contribution >= 4 is 0 Å². The maximum absolute atomic E-state index is 5.94. The molecule has 2 fully saturated rings. The van der Waals surface area contributed by atoms with E-state index in [1.807, 2.05) is 0 Å². The van der Waals surface area contributed by atoms with Gasteiger partial charge in [-0.25, -0.2) is 0 Å². The summed E-state index contributed by atoms with van der Waals surface area (Å²) in [5.74, 6) is 2.50. The zero-order valence-electron chi connectivity index (χ0n) is 12.5. The van der Waals surface area contributed by atoms with Gasteiger partial charge in [-0.05, 0) is 47.8 Å². The average Bonchev–Trinajstić information content (AvgIpc) is 2.59. The number of hydrogen-bond acceptors (Lipinski definition) is 1.